The fourth-order valence-corrected chi connectivity index (χ4v) is 3.19. The number of benzene rings is 4. The molecule has 0 unspecified atom stereocenters. The first-order valence-electron chi connectivity index (χ1n) is 7.92. The van der Waals surface area contributed by atoms with Gasteiger partial charge in [-0.3, -0.25) is 0 Å². The van der Waals surface area contributed by atoms with Gasteiger partial charge in [0, 0.05) is 0 Å². The minimum absolute atomic E-state index is 0.520. The van der Waals surface area contributed by atoms with Crippen molar-refractivity contribution in [3.05, 3.63) is 96.1 Å². The van der Waals surface area contributed by atoms with Gasteiger partial charge in [-0.15, -0.1) is 0 Å². The summed E-state index contributed by atoms with van der Waals surface area (Å²) < 4.78 is 0. The van der Waals surface area contributed by atoms with Gasteiger partial charge in [0.2, 0.25) is 0 Å². The highest BCUT2D eigenvalue weighted by Gasteiger charge is 2.24. The maximum Gasteiger partial charge on any atom is 0.0637 e. The average molecular weight is 297 g/mol. The molecular weight excluding hydrogens is 278 g/mol. The van der Waals surface area contributed by atoms with Crippen molar-refractivity contribution >= 4 is 21.5 Å². The molecular formula is C22H19N. The standard InChI is InChI=1S/C22H19N/c1-22(23,20-12-10-16-6-2-4-8-18(16)14-20)21-13-11-17-7-3-5-9-19(17)15-21/h2-15H,23H2,1H3. The van der Waals surface area contributed by atoms with Crippen molar-refractivity contribution in [2.24, 2.45) is 5.73 Å². The smallest absolute Gasteiger partial charge is 0.0637 e. The van der Waals surface area contributed by atoms with E-state index in [1.54, 1.807) is 0 Å². The summed E-state index contributed by atoms with van der Waals surface area (Å²) in [6.07, 6.45) is 0. The van der Waals surface area contributed by atoms with E-state index in [-0.39, 0.29) is 0 Å². The second-order valence-corrected chi connectivity index (χ2v) is 6.33. The first-order chi connectivity index (χ1) is 11.1. The molecule has 1 nitrogen and oxygen atoms in total. The van der Waals surface area contributed by atoms with E-state index in [0.29, 0.717) is 0 Å². The summed E-state index contributed by atoms with van der Waals surface area (Å²) in [4.78, 5) is 0. The minimum Gasteiger partial charge on any atom is -0.318 e. The lowest BCUT2D eigenvalue weighted by atomic mass is 9.84. The molecule has 0 atom stereocenters. The van der Waals surface area contributed by atoms with Crippen LogP contribution in [0.3, 0.4) is 0 Å². The predicted octanol–water partition coefficient (Wildman–Crippen LogP) is 5.22. The van der Waals surface area contributed by atoms with Crippen LogP contribution in [0.5, 0.6) is 0 Å². The van der Waals surface area contributed by atoms with Gasteiger partial charge in [0.15, 0.2) is 0 Å². The van der Waals surface area contributed by atoms with Crippen LogP contribution in [0.4, 0.5) is 0 Å². The van der Waals surface area contributed by atoms with Crippen LogP contribution in [0, 0.1) is 0 Å². The van der Waals surface area contributed by atoms with Crippen molar-refractivity contribution in [2.75, 3.05) is 0 Å². The molecule has 0 saturated carbocycles. The second kappa shape index (κ2) is 5.22. The Labute approximate surface area is 136 Å². The van der Waals surface area contributed by atoms with E-state index in [2.05, 4.69) is 91.9 Å². The van der Waals surface area contributed by atoms with Crippen molar-refractivity contribution < 1.29 is 0 Å². The molecule has 4 aromatic rings. The first kappa shape index (κ1) is 14.0. The molecule has 0 spiro atoms. The van der Waals surface area contributed by atoms with Gasteiger partial charge in [0.05, 0.1) is 5.54 Å². The van der Waals surface area contributed by atoms with E-state index in [4.69, 9.17) is 5.73 Å². The number of fused-ring (bicyclic) bond motifs is 2. The molecule has 1 heteroatoms. The van der Waals surface area contributed by atoms with E-state index < -0.39 is 5.54 Å². The van der Waals surface area contributed by atoms with Crippen LogP contribution in [0.25, 0.3) is 21.5 Å². The molecule has 4 rings (SSSR count). The van der Waals surface area contributed by atoms with Crippen LogP contribution >= 0.6 is 0 Å². The van der Waals surface area contributed by atoms with Crippen LogP contribution in [-0.4, -0.2) is 0 Å². The monoisotopic (exact) mass is 297 g/mol. The lowest BCUT2D eigenvalue weighted by Crippen LogP contribution is -2.34. The molecule has 0 heterocycles. The van der Waals surface area contributed by atoms with E-state index in [1.165, 1.54) is 21.5 Å². The molecule has 23 heavy (non-hydrogen) atoms. The summed E-state index contributed by atoms with van der Waals surface area (Å²) >= 11 is 0. The summed E-state index contributed by atoms with van der Waals surface area (Å²) in [6, 6.07) is 29.8. The van der Waals surface area contributed by atoms with Crippen molar-refractivity contribution in [1.82, 2.24) is 0 Å². The zero-order valence-corrected chi connectivity index (χ0v) is 13.2. The lowest BCUT2D eigenvalue weighted by molar-refractivity contribution is 0.605. The summed E-state index contributed by atoms with van der Waals surface area (Å²) in [6.45, 7) is 2.08. The Kier molecular flexibility index (Phi) is 3.17. The molecule has 2 N–H and O–H groups in total. The van der Waals surface area contributed by atoms with E-state index in [9.17, 15) is 0 Å². The summed E-state index contributed by atoms with van der Waals surface area (Å²) in [5.74, 6) is 0. The van der Waals surface area contributed by atoms with Crippen LogP contribution < -0.4 is 5.73 Å². The Morgan fingerprint density at radius 3 is 1.39 bits per heavy atom. The van der Waals surface area contributed by atoms with E-state index >= 15 is 0 Å². The molecule has 0 amide bonds. The van der Waals surface area contributed by atoms with Crippen LogP contribution in [0.1, 0.15) is 18.1 Å². The fraction of sp³-hybridized carbons (Fsp3) is 0.0909. The Morgan fingerprint density at radius 2 is 0.957 bits per heavy atom. The zero-order chi connectivity index (χ0) is 15.9. The van der Waals surface area contributed by atoms with Crippen molar-refractivity contribution in [3.8, 4) is 0 Å². The van der Waals surface area contributed by atoms with E-state index in [0.717, 1.165) is 11.1 Å². The van der Waals surface area contributed by atoms with Crippen LogP contribution in [0.15, 0.2) is 84.9 Å². The third-order valence-corrected chi connectivity index (χ3v) is 4.70. The number of nitrogens with two attached hydrogens (primary N) is 1. The number of rotatable bonds is 2. The summed E-state index contributed by atoms with van der Waals surface area (Å²) in [5, 5.41) is 4.93. The molecule has 4 aromatic carbocycles. The quantitative estimate of drug-likeness (QED) is 0.539. The van der Waals surface area contributed by atoms with Gasteiger partial charge in [-0.2, -0.15) is 0 Å². The van der Waals surface area contributed by atoms with Crippen molar-refractivity contribution in [3.63, 3.8) is 0 Å². The van der Waals surface area contributed by atoms with Crippen LogP contribution in [0.2, 0.25) is 0 Å². The topological polar surface area (TPSA) is 26.0 Å². The molecule has 0 fully saturated rings. The highest BCUT2D eigenvalue weighted by Crippen LogP contribution is 2.31. The molecule has 0 aliphatic heterocycles. The molecule has 0 aliphatic carbocycles. The van der Waals surface area contributed by atoms with Gasteiger partial charge in [-0.1, -0.05) is 72.8 Å². The fourth-order valence-electron chi connectivity index (χ4n) is 3.19. The Hall–Kier alpha value is -2.64. The number of hydrogen-bond donors (Lipinski definition) is 1. The van der Waals surface area contributed by atoms with Gasteiger partial charge < -0.3 is 5.73 Å². The van der Waals surface area contributed by atoms with Gasteiger partial charge in [-0.25, -0.2) is 0 Å². The molecule has 0 radical (unpaired) electrons. The predicted molar refractivity (Wildman–Crippen MR) is 98.5 cm³/mol. The maximum absolute atomic E-state index is 6.74. The van der Waals surface area contributed by atoms with Crippen molar-refractivity contribution in [1.29, 1.82) is 0 Å². The minimum atomic E-state index is -0.520. The zero-order valence-electron chi connectivity index (χ0n) is 13.2. The maximum atomic E-state index is 6.74. The third kappa shape index (κ3) is 2.39. The van der Waals surface area contributed by atoms with Gasteiger partial charge in [0.25, 0.3) is 0 Å². The second-order valence-electron chi connectivity index (χ2n) is 6.33. The van der Waals surface area contributed by atoms with Gasteiger partial charge >= 0.3 is 0 Å². The molecule has 112 valence electrons. The first-order valence-corrected chi connectivity index (χ1v) is 7.92. The third-order valence-electron chi connectivity index (χ3n) is 4.70. The van der Waals surface area contributed by atoms with E-state index in [1.807, 2.05) is 0 Å². The molecule has 0 aromatic heterocycles. The summed E-state index contributed by atoms with van der Waals surface area (Å²) in [7, 11) is 0. The highest BCUT2D eigenvalue weighted by atomic mass is 14.7. The SMILES string of the molecule is CC(N)(c1ccc2ccccc2c1)c1ccc2ccccc2c1. The molecule has 0 aliphatic rings. The van der Waals surface area contributed by atoms with Gasteiger partial charge in [0.1, 0.15) is 0 Å². The number of hydrogen-bond acceptors (Lipinski definition) is 1. The average Bonchev–Trinajstić information content (AvgIpc) is 2.61. The van der Waals surface area contributed by atoms with Crippen molar-refractivity contribution in [2.45, 2.75) is 12.5 Å². The largest absolute Gasteiger partial charge is 0.318 e. The Morgan fingerprint density at radius 1 is 0.565 bits per heavy atom. The lowest BCUT2D eigenvalue weighted by Gasteiger charge is -2.27. The molecule has 0 bridgehead atoms. The normalized spacial score (nSPS) is 11.9. The van der Waals surface area contributed by atoms with Crippen LogP contribution in [-0.2, 0) is 5.54 Å². The highest BCUT2D eigenvalue weighted by molar-refractivity contribution is 5.85. The summed E-state index contributed by atoms with van der Waals surface area (Å²) in [5.41, 5.74) is 8.48. The van der Waals surface area contributed by atoms with Gasteiger partial charge in [-0.05, 0) is 51.7 Å². The molecule has 0 saturated heterocycles. The Bertz CT molecular complexity index is 917. The Balaban J connectivity index is 1.85.